The largest absolute Gasteiger partial charge is 0.444 e. The Balaban J connectivity index is 0.00000200. The fourth-order valence-electron chi connectivity index (χ4n) is 1.66. The lowest BCUT2D eigenvalue weighted by Crippen LogP contribution is -2.29. The molecule has 0 bridgehead atoms. The Hall–Kier alpha value is -1.85. The maximum absolute atomic E-state index is 11.5. The van der Waals surface area contributed by atoms with Crippen LogP contribution in [0.5, 0.6) is 0 Å². The van der Waals surface area contributed by atoms with Crippen LogP contribution in [-0.2, 0) is 11.3 Å². The lowest BCUT2D eigenvalue weighted by molar-refractivity contribution is -0.121. The standard InChI is InChI=1S/C14H17N3O2.ClH/c1-10(15)7-13(18)16-8-12-9-19-14(17-12)11-5-3-2-4-6-11;/h2-6,9-10H,7-8,15H2,1H3,(H,16,18);1H. The van der Waals surface area contributed by atoms with Gasteiger partial charge in [0, 0.05) is 18.0 Å². The summed E-state index contributed by atoms with van der Waals surface area (Å²) in [5, 5.41) is 2.75. The Morgan fingerprint density at radius 1 is 1.40 bits per heavy atom. The fraction of sp³-hybridized carbons (Fsp3) is 0.286. The van der Waals surface area contributed by atoms with Crippen molar-refractivity contribution in [2.75, 3.05) is 0 Å². The van der Waals surface area contributed by atoms with Gasteiger partial charge in [0.05, 0.1) is 12.2 Å². The molecule has 0 fully saturated rings. The molecule has 5 nitrogen and oxygen atoms in total. The molecular weight excluding hydrogens is 278 g/mol. The summed E-state index contributed by atoms with van der Waals surface area (Å²) in [5.41, 5.74) is 7.15. The number of nitrogens with zero attached hydrogens (tertiary/aromatic N) is 1. The van der Waals surface area contributed by atoms with Gasteiger partial charge in [0.2, 0.25) is 11.8 Å². The number of carbonyl (C=O) groups excluding carboxylic acids is 1. The predicted molar refractivity (Wildman–Crippen MR) is 79.3 cm³/mol. The third kappa shape index (κ3) is 4.68. The van der Waals surface area contributed by atoms with Crippen LogP contribution >= 0.6 is 12.4 Å². The average Bonchev–Trinajstić information content (AvgIpc) is 2.85. The zero-order valence-corrected chi connectivity index (χ0v) is 12.0. The van der Waals surface area contributed by atoms with Crippen molar-refractivity contribution in [2.45, 2.75) is 25.9 Å². The van der Waals surface area contributed by atoms with Crippen LogP contribution in [-0.4, -0.2) is 16.9 Å². The van der Waals surface area contributed by atoms with E-state index in [0.29, 0.717) is 24.6 Å². The van der Waals surface area contributed by atoms with Crippen molar-refractivity contribution in [3.8, 4) is 11.5 Å². The highest BCUT2D eigenvalue weighted by atomic mass is 35.5. The second-order valence-electron chi connectivity index (χ2n) is 4.47. The molecular formula is C14H18ClN3O2. The first-order chi connectivity index (χ1) is 9.15. The molecule has 3 N–H and O–H groups in total. The molecule has 1 amide bonds. The van der Waals surface area contributed by atoms with E-state index in [2.05, 4.69) is 10.3 Å². The summed E-state index contributed by atoms with van der Waals surface area (Å²) in [5.74, 6) is 0.469. The van der Waals surface area contributed by atoms with Gasteiger partial charge in [-0.15, -0.1) is 12.4 Å². The normalized spacial score (nSPS) is 11.5. The van der Waals surface area contributed by atoms with Gasteiger partial charge in [-0.2, -0.15) is 0 Å². The van der Waals surface area contributed by atoms with Crippen molar-refractivity contribution in [1.82, 2.24) is 10.3 Å². The third-order valence-corrected chi connectivity index (χ3v) is 2.55. The molecule has 1 heterocycles. The lowest BCUT2D eigenvalue weighted by Gasteiger charge is -2.04. The van der Waals surface area contributed by atoms with Gasteiger partial charge < -0.3 is 15.5 Å². The Labute approximate surface area is 124 Å². The van der Waals surface area contributed by atoms with Gasteiger partial charge >= 0.3 is 0 Å². The first-order valence-corrected chi connectivity index (χ1v) is 6.17. The highest BCUT2D eigenvalue weighted by Crippen LogP contribution is 2.17. The summed E-state index contributed by atoms with van der Waals surface area (Å²) < 4.78 is 5.38. The molecule has 1 aromatic carbocycles. The molecule has 108 valence electrons. The molecule has 0 saturated carbocycles. The van der Waals surface area contributed by atoms with Crippen LogP contribution in [0.15, 0.2) is 41.0 Å². The number of nitrogens with two attached hydrogens (primary N) is 1. The van der Waals surface area contributed by atoms with Gasteiger partial charge in [-0.1, -0.05) is 18.2 Å². The third-order valence-electron chi connectivity index (χ3n) is 2.55. The van der Waals surface area contributed by atoms with Crippen LogP contribution in [0, 0.1) is 0 Å². The van der Waals surface area contributed by atoms with Crippen molar-refractivity contribution in [3.05, 3.63) is 42.3 Å². The molecule has 0 aliphatic rings. The molecule has 0 saturated heterocycles. The lowest BCUT2D eigenvalue weighted by atomic mass is 10.2. The molecule has 0 aliphatic carbocycles. The van der Waals surface area contributed by atoms with E-state index in [1.54, 1.807) is 13.2 Å². The van der Waals surface area contributed by atoms with Crippen molar-refractivity contribution < 1.29 is 9.21 Å². The van der Waals surface area contributed by atoms with Crippen LogP contribution in [0.4, 0.5) is 0 Å². The van der Waals surface area contributed by atoms with Gasteiger partial charge in [-0.25, -0.2) is 4.98 Å². The first-order valence-electron chi connectivity index (χ1n) is 6.17. The van der Waals surface area contributed by atoms with Gasteiger partial charge in [0.25, 0.3) is 0 Å². The van der Waals surface area contributed by atoms with Crippen LogP contribution in [0.25, 0.3) is 11.5 Å². The molecule has 1 atom stereocenters. The minimum atomic E-state index is -0.141. The van der Waals surface area contributed by atoms with E-state index >= 15 is 0 Å². The van der Waals surface area contributed by atoms with Crippen molar-refractivity contribution >= 4 is 18.3 Å². The number of oxazole rings is 1. The van der Waals surface area contributed by atoms with Crippen molar-refractivity contribution in [3.63, 3.8) is 0 Å². The first kappa shape index (κ1) is 16.2. The van der Waals surface area contributed by atoms with Crippen LogP contribution in [0.2, 0.25) is 0 Å². The maximum atomic E-state index is 11.5. The van der Waals surface area contributed by atoms with Crippen LogP contribution < -0.4 is 11.1 Å². The Morgan fingerprint density at radius 3 is 2.75 bits per heavy atom. The molecule has 2 aromatic rings. The van der Waals surface area contributed by atoms with Gasteiger partial charge in [-0.05, 0) is 19.1 Å². The fourth-order valence-corrected chi connectivity index (χ4v) is 1.66. The zero-order valence-electron chi connectivity index (χ0n) is 11.2. The van der Waals surface area contributed by atoms with Gasteiger partial charge in [-0.3, -0.25) is 4.79 Å². The molecule has 0 aliphatic heterocycles. The van der Waals surface area contributed by atoms with E-state index in [4.69, 9.17) is 10.2 Å². The molecule has 20 heavy (non-hydrogen) atoms. The number of aromatic nitrogens is 1. The monoisotopic (exact) mass is 295 g/mol. The summed E-state index contributed by atoms with van der Waals surface area (Å²) in [7, 11) is 0. The van der Waals surface area contributed by atoms with E-state index in [1.165, 1.54) is 0 Å². The van der Waals surface area contributed by atoms with E-state index in [9.17, 15) is 4.79 Å². The number of rotatable bonds is 5. The molecule has 0 radical (unpaired) electrons. The number of hydrogen-bond donors (Lipinski definition) is 2. The zero-order chi connectivity index (χ0) is 13.7. The Kier molecular flexibility index (Phi) is 6.21. The van der Waals surface area contributed by atoms with E-state index < -0.39 is 0 Å². The summed E-state index contributed by atoms with van der Waals surface area (Å²) in [6.45, 7) is 2.14. The predicted octanol–water partition coefficient (Wildman–Crippen LogP) is 2.12. The minimum absolute atomic E-state index is 0. The smallest absolute Gasteiger partial charge is 0.226 e. The highest BCUT2D eigenvalue weighted by molar-refractivity contribution is 5.85. The second-order valence-corrected chi connectivity index (χ2v) is 4.47. The quantitative estimate of drug-likeness (QED) is 0.885. The molecule has 6 heteroatoms. The minimum Gasteiger partial charge on any atom is -0.444 e. The van der Waals surface area contributed by atoms with Crippen molar-refractivity contribution in [2.24, 2.45) is 5.73 Å². The molecule has 0 spiro atoms. The van der Waals surface area contributed by atoms with Crippen LogP contribution in [0.1, 0.15) is 19.0 Å². The molecule has 1 aromatic heterocycles. The van der Waals surface area contributed by atoms with Crippen LogP contribution in [0.3, 0.4) is 0 Å². The topological polar surface area (TPSA) is 81.2 Å². The number of benzene rings is 1. The number of carbonyl (C=O) groups is 1. The van der Waals surface area contributed by atoms with Crippen molar-refractivity contribution in [1.29, 1.82) is 0 Å². The van der Waals surface area contributed by atoms with E-state index in [0.717, 1.165) is 5.56 Å². The maximum Gasteiger partial charge on any atom is 0.226 e. The number of amides is 1. The van der Waals surface area contributed by atoms with E-state index in [1.807, 2.05) is 30.3 Å². The Morgan fingerprint density at radius 2 is 2.10 bits per heavy atom. The summed E-state index contributed by atoms with van der Waals surface area (Å²) >= 11 is 0. The molecule has 2 rings (SSSR count). The highest BCUT2D eigenvalue weighted by Gasteiger charge is 2.08. The number of halogens is 1. The Bertz CT molecular complexity index is 540. The summed E-state index contributed by atoms with van der Waals surface area (Å²) in [4.78, 5) is 15.8. The van der Waals surface area contributed by atoms with E-state index in [-0.39, 0.29) is 24.4 Å². The number of hydrogen-bond acceptors (Lipinski definition) is 4. The second kappa shape index (κ2) is 7.67. The molecule has 1 unspecified atom stereocenters. The SMILES string of the molecule is CC(N)CC(=O)NCc1coc(-c2ccccc2)n1.Cl. The average molecular weight is 296 g/mol. The number of nitrogens with one attached hydrogen (secondary N) is 1. The van der Waals surface area contributed by atoms with Gasteiger partial charge in [0.15, 0.2) is 0 Å². The summed E-state index contributed by atoms with van der Waals surface area (Å²) in [6.07, 6.45) is 1.86. The summed E-state index contributed by atoms with van der Waals surface area (Å²) in [6, 6.07) is 9.47. The van der Waals surface area contributed by atoms with Gasteiger partial charge in [0.1, 0.15) is 6.26 Å².